The van der Waals surface area contributed by atoms with Gasteiger partial charge in [0.05, 0.1) is 0 Å². The maximum Gasteiger partial charge on any atom is 0.225 e. The van der Waals surface area contributed by atoms with Crippen molar-refractivity contribution in [3.8, 4) is 0 Å². The summed E-state index contributed by atoms with van der Waals surface area (Å²) in [6.07, 6.45) is 3.59. The molecule has 1 heterocycles. The molecule has 0 aromatic heterocycles. The van der Waals surface area contributed by atoms with E-state index in [0.717, 1.165) is 18.9 Å². The van der Waals surface area contributed by atoms with Crippen LogP contribution >= 0.6 is 0 Å². The zero-order valence-corrected chi connectivity index (χ0v) is 7.92. The highest BCUT2D eigenvalue weighted by Crippen LogP contribution is 2.37. The Labute approximate surface area is 73.9 Å². The van der Waals surface area contributed by atoms with Gasteiger partial charge in [0.2, 0.25) is 5.91 Å². The van der Waals surface area contributed by atoms with Crippen LogP contribution in [0.3, 0.4) is 0 Å². The van der Waals surface area contributed by atoms with Gasteiger partial charge < -0.3 is 4.90 Å². The summed E-state index contributed by atoms with van der Waals surface area (Å²) >= 11 is 0. The van der Waals surface area contributed by atoms with Crippen molar-refractivity contribution in [3.05, 3.63) is 0 Å². The summed E-state index contributed by atoms with van der Waals surface area (Å²) in [5, 5.41) is 0. The van der Waals surface area contributed by atoms with E-state index in [1.54, 1.807) is 0 Å². The summed E-state index contributed by atoms with van der Waals surface area (Å²) in [5.74, 6) is 1.61. The first kappa shape index (κ1) is 8.09. The normalized spacial score (nSPS) is 34.9. The number of rotatable bonds is 1. The zero-order valence-electron chi connectivity index (χ0n) is 7.92. The molecule has 1 aliphatic carbocycles. The van der Waals surface area contributed by atoms with Crippen LogP contribution in [0.1, 0.15) is 33.1 Å². The summed E-state index contributed by atoms with van der Waals surface area (Å²) in [4.78, 5) is 13.8. The van der Waals surface area contributed by atoms with Crippen molar-refractivity contribution in [1.29, 1.82) is 0 Å². The molecule has 68 valence electrons. The molecule has 0 N–H and O–H groups in total. The molecule has 1 aliphatic heterocycles. The Morgan fingerprint density at radius 3 is 2.83 bits per heavy atom. The van der Waals surface area contributed by atoms with E-state index < -0.39 is 0 Å². The number of hydrogen-bond donors (Lipinski definition) is 0. The van der Waals surface area contributed by atoms with Crippen LogP contribution in [0.2, 0.25) is 0 Å². The quantitative estimate of drug-likeness (QED) is 0.581. The average Bonchev–Trinajstić information content (AvgIpc) is 2.41. The lowest BCUT2D eigenvalue weighted by atomic mass is 9.97. The summed E-state index contributed by atoms with van der Waals surface area (Å²) in [6.45, 7) is 5.25. The fourth-order valence-corrected chi connectivity index (χ4v) is 2.53. The smallest absolute Gasteiger partial charge is 0.225 e. The molecule has 2 heteroatoms. The van der Waals surface area contributed by atoms with Gasteiger partial charge in [-0.1, -0.05) is 0 Å². The van der Waals surface area contributed by atoms with Gasteiger partial charge in [0.15, 0.2) is 0 Å². The minimum Gasteiger partial charge on any atom is -0.340 e. The fraction of sp³-hybridized carbons (Fsp3) is 0.900. The van der Waals surface area contributed by atoms with E-state index in [0.29, 0.717) is 17.9 Å². The van der Waals surface area contributed by atoms with E-state index >= 15 is 0 Å². The van der Waals surface area contributed by atoms with Crippen LogP contribution in [0.15, 0.2) is 0 Å². The number of carbonyl (C=O) groups excluding carboxylic acids is 1. The number of piperidine rings is 1. The molecule has 2 aliphatic rings. The Morgan fingerprint density at radius 1 is 1.42 bits per heavy atom. The van der Waals surface area contributed by atoms with Gasteiger partial charge in [-0.25, -0.2) is 0 Å². The van der Waals surface area contributed by atoms with E-state index in [1.807, 2.05) is 0 Å². The predicted octanol–water partition coefficient (Wildman–Crippen LogP) is 1.65. The lowest BCUT2D eigenvalue weighted by molar-refractivity contribution is -0.139. The molecular formula is C10H17NO. The Kier molecular flexibility index (Phi) is 1.85. The molecule has 2 nitrogen and oxygen atoms in total. The Balaban J connectivity index is 2.13. The van der Waals surface area contributed by atoms with Crippen molar-refractivity contribution in [3.63, 3.8) is 0 Å². The first-order valence-corrected chi connectivity index (χ1v) is 4.99. The molecule has 12 heavy (non-hydrogen) atoms. The van der Waals surface area contributed by atoms with Crippen LogP contribution in [-0.2, 0) is 4.79 Å². The zero-order chi connectivity index (χ0) is 8.72. The van der Waals surface area contributed by atoms with Crippen molar-refractivity contribution >= 4 is 5.91 Å². The molecule has 0 spiro atoms. The molecule has 2 atom stereocenters. The fourth-order valence-electron chi connectivity index (χ4n) is 2.53. The average molecular weight is 167 g/mol. The first-order valence-electron chi connectivity index (χ1n) is 4.99. The van der Waals surface area contributed by atoms with Gasteiger partial charge in [-0.2, -0.15) is 0 Å². The van der Waals surface area contributed by atoms with Crippen LogP contribution in [0.4, 0.5) is 0 Å². The van der Waals surface area contributed by atoms with Gasteiger partial charge in [0, 0.05) is 18.5 Å². The molecule has 0 radical (unpaired) electrons. The monoisotopic (exact) mass is 167 g/mol. The number of hydrogen-bond acceptors (Lipinski definition) is 1. The maximum absolute atomic E-state index is 11.8. The van der Waals surface area contributed by atoms with Crippen LogP contribution in [0, 0.1) is 11.8 Å². The molecule has 0 unspecified atom stereocenters. The minimum atomic E-state index is 0.381. The number of nitrogens with zero attached hydrogens (tertiary/aromatic N) is 1. The summed E-state index contributed by atoms with van der Waals surface area (Å²) < 4.78 is 0. The molecule has 1 amide bonds. The first-order chi connectivity index (χ1) is 5.68. The molecule has 0 aromatic carbocycles. The Bertz CT molecular complexity index is 200. The van der Waals surface area contributed by atoms with Gasteiger partial charge in [0.1, 0.15) is 0 Å². The van der Waals surface area contributed by atoms with Crippen LogP contribution in [0.5, 0.6) is 0 Å². The number of likely N-dealkylation sites (tertiary alicyclic amines) is 1. The number of amides is 1. The van der Waals surface area contributed by atoms with Gasteiger partial charge in [-0.05, 0) is 39.0 Å². The molecule has 2 rings (SSSR count). The molecule has 1 saturated carbocycles. The van der Waals surface area contributed by atoms with Crippen molar-refractivity contribution in [2.45, 2.75) is 39.2 Å². The van der Waals surface area contributed by atoms with E-state index in [-0.39, 0.29) is 0 Å². The van der Waals surface area contributed by atoms with Gasteiger partial charge in [0.25, 0.3) is 0 Å². The topological polar surface area (TPSA) is 20.3 Å². The van der Waals surface area contributed by atoms with Crippen LogP contribution in [-0.4, -0.2) is 23.4 Å². The highest BCUT2D eigenvalue weighted by molar-refractivity contribution is 5.80. The summed E-state index contributed by atoms with van der Waals surface area (Å²) in [7, 11) is 0. The van der Waals surface area contributed by atoms with E-state index in [2.05, 4.69) is 18.7 Å². The minimum absolute atomic E-state index is 0.381. The van der Waals surface area contributed by atoms with Gasteiger partial charge in [-0.3, -0.25) is 4.79 Å². The Hall–Kier alpha value is -0.530. The van der Waals surface area contributed by atoms with E-state index in [9.17, 15) is 4.79 Å². The summed E-state index contributed by atoms with van der Waals surface area (Å²) in [6, 6.07) is 0.404. The van der Waals surface area contributed by atoms with Crippen LogP contribution < -0.4 is 0 Å². The second kappa shape index (κ2) is 2.75. The van der Waals surface area contributed by atoms with Crippen molar-refractivity contribution in [1.82, 2.24) is 4.90 Å². The number of fused-ring (bicyclic) bond motifs is 2. The molecular weight excluding hydrogens is 150 g/mol. The molecule has 1 saturated heterocycles. The second-order valence-corrected chi connectivity index (χ2v) is 4.46. The largest absolute Gasteiger partial charge is 0.340 e. The SMILES string of the molecule is CC(C)N1C[C@@H]2CC[C@@H](C2)C1=O. The van der Waals surface area contributed by atoms with Gasteiger partial charge in [-0.15, -0.1) is 0 Å². The van der Waals surface area contributed by atoms with Crippen molar-refractivity contribution in [2.24, 2.45) is 11.8 Å². The van der Waals surface area contributed by atoms with Crippen LogP contribution in [0.25, 0.3) is 0 Å². The third-order valence-electron chi connectivity index (χ3n) is 3.25. The highest BCUT2D eigenvalue weighted by atomic mass is 16.2. The number of carbonyl (C=O) groups is 1. The van der Waals surface area contributed by atoms with E-state index in [4.69, 9.17) is 0 Å². The third kappa shape index (κ3) is 1.13. The lowest BCUT2D eigenvalue weighted by Gasteiger charge is -2.34. The van der Waals surface area contributed by atoms with Crippen molar-refractivity contribution in [2.75, 3.05) is 6.54 Å². The molecule has 2 bridgehead atoms. The summed E-state index contributed by atoms with van der Waals surface area (Å²) in [5.41, 5.74) is 0. The van der Waals surface area contributed by atoms with Crippen molar-refractivity contribution < 1.29 is 4.79 Å². The second-order valence-electron chi connectivity index (χ2n) is 4.46. The maximum atomic E-state index is 11.8. The Morgan fingerprint density at radius 2 is 2.17 bits per heavy atom. The third-order valence-corrected chi connectivity index (χ3v) is 3.25. The lowest BCUT2D eigenvalue weighted by Crippen LogP contribution is -2.45. The van der Waals surface area contributed by atoms with E-state index in [1.165, 1.54) is 12.8 Å². The predicted molar refractivity (Wildman–Crippen MR) is 47.7 cm³/mol. The molecule has 2 fully saturated rings. The molecule has 0 aromatic rings. The van der Waals surface area contributed by atoms with Gasteiger partial charge >= 0.3 is 0 Å². The standard InChI is InChI=1S/C10H17NO/c1-7(2)11-6-8-3-4-9(5-8)10(11)12/h7-9H,3-6H2,1-2H3/t8-,9+/m1/s1. The highest BCUT2D eigenvalue weighted by Gasteiger charge is 2.39.